The second-order valence-corrected chi connectivity index (χ2v) is 3.96. The molecule has 1 heterocycles. The summed E-state index contributed by atoms with van der Waals surface area (Å²) in [5, 5.41) is 4.15. The Morgan fingerprint density at radius 1 is 1.64 bits per heavy atom. The highest BCUT2D eigenvalue weighted by atomic mass is 127. The van der Waals surface area contributed by atoms with Gasteiger partial charge in [-0.1, -0.05) is 0 Å². The van der Waals surface area contributed by atoms with Crippen molar-refractivity contribution in [1.82, 2.24) is 14.7 Å². The van der Waals surface area contributed by atoms with Gasteiger partial charge in [-0.15, -0.1) is 0 Å². The fourth-order valence-electron chi connectivity index (χ4n) is 0.913. The van der Waals surface area contributed by atoms with Crippen LogP contribution in [0, 0.1) is 3.57 Å². The van der Waals surface area contributed by atoms with Gasteiger partial charge in [-0.25, -0.2) is 0 Å². The van der Waals surface area contributed by atoms with Gasteiger partial charge in [-0.3, -0.25) is 4.68 Å². The van der Waals surface area contributed by atoms with Gasteiger partial charge in [0.05, 0.1) is 15.5 Å². The largest absolute Gasteiger partial charge is 0.304 e. The molecule has 1 aromatic heterocycles. The molecule has 0 spiro atoms. The van der Waals surface area contributed by atoms with E-state index in [0.717, 1.165) is 6.54 Å². The fraction of sp³-hybridized carbons (Fsp3) is 0.571. The zero-order valence-corrected chi connectivity index (χ0v) is 9.16. The van der Waals surface area contributed by atoms with Gasteiger partial charge >= 0.3 is 0 Å². The van der Waals surface area contributed by atoms with Crippen molar-refractivity contribution in [3.05, 3.63) is 15.5 Å². The Hall–Kier alpha value is -0.100. The molecule has 3 nitrogen and oxygen atoms in total. The first-order valence-electron chi connectivity index (χ1n) is 3.42. The van der Waals surface area contributed by atoms with Crippen LogP contribution in [0.4, 0.5) is 0 Å². The van der Waals surface area contributed by atoms with E-state index < -0.39 is 0 Å². The zero-order chi connectivity index (χ0) is 8.43. The van der Waals surface area contributed by atoms with E-state index in [1.165, 1.54) is 9.26 Å². The van der Waals surface area contributed by atoms with Crippen LogP contribution in [0.2, 0.25) is 0 Å². The molecule has 0 saturated heterocycles. The number of aryl methyl sites for hydroxylation is 1. The Labute approximate surface area is 80.5 Å². The van der Waals surface area contributed by atoms with Gasteiger partial charge in [-0.2, -0.15) is 5.10 Å². The van der Waals surface area contributed by atoms with Crippen LogP contribution in [0.15, 0.2) is 6.20 Å². The number of aromatic nitrogens is 2. The number of hydrogen-bond donors (Lipinski definition) is 0. The van der Waals surface area contributed by atoms with E-state index in [4.69, 9.17) is 0 Å². The summed E-state index contributed by atoms with van der Waals surface area (Å²) in [6.45, 7) is 0.953. The third-order valence-corrected chi connectivity index (χ3v) is 2.38. The number of nitrogens with zero attached hydrogens (tertiary/aromatic N) is 3. The predicted octanol–water partition coefficient (Wildman–Crippen LogP) is 1.09. The highest BCUT2D eigenvalue weighted by Gasteiger charge is 2.05. The third kappa shape index (κ3) is 2.16. The van der Waals surface area contributed by atoms with Gasteiger partial charge in [0.15, 0.2) is 0 Å². The van der Waals surface area contributed by atoms with E-state index in [9.17, 15) is 0 Å². The maximum absolute atomic E-state index is 4.15. The molecule has 0 aliphatic rings. The van der Waals surface area contributed by atoms with Gasteiger partial charge in [0.1, 0.15) is 0 Å². The Morgan fingerprint density at radius 3 is 2.64 bits per heavy atom. The SMILES string of the molecule is CN(C)Cc1c(I)cnn1C. The molecule has 0 fully saturated rings. The topological polar surface area (TPSA) is 21.1 Å². The van der Waals surface area contributed by atoms with Gasteiger partial charge < -0.3 is 4.90 Å². The van der Waals surface area contributed by atoms with E-state index >= 15 is 0 Å². The number of halogens is 1. The van der Waals surface area contributed by atoms with Crippen molar-refractivity contribution >= 4 is 22.6 Å². The predicted molar refractivity (Wildman–Crippen MR) is 53.3 cm³/mol. The van der Waals surface area contributed by atoms with E-state index in [2.05, 4.69) is 46.7 Å². The molecule has 0 unspecified atom stereocenters. The molecule has 0 atom stereocenters. The summed E-state index contributed by atoms with van der Waals surface area (Å²) in [7, 11) is 6.09. The van der Waals surface area contributed by atoms with Crippen molar-refractivity contribution in [2.45, 2.75) is 6.54 Å². The van der Waals surface area contributed by atoms with E-state index in [-0.39, 0.29) is 0 Å². The smallest absolute Gasteiger partial charge is 0.0654 e. The maximum atomic E-state index is 4.15. The molecule has 0 aromatic carbocycles. The molecule has 62 valence electrons. The second-order valence-electron chi connectivity index (χ2n) is 2.80. The minimum absolute atomic E-state index is 0.953. The average molecular weight is 265 g/mol. The van der Waals surface area contributed by atoms with Crippen LogP contribution in [0.1, 0.15) is 5.69 Å². The normalized spacial score (nSPS) is 11.0. The molecule has 0 aliphatic carbocycles. The molecule has 0 bridgehead atoms. The standard InChI is InChI=1S/C7H12IN3/c1-10(2)5-7-6(8)4-9-11(7)3/h4H,5H2,1-3H3. The number of hydrogen-bond acceptors (Lipinski definition) is 2. The van der Waals surface area contributed by atoms with E-state index in [1.54, 1.807) is 0 Å². The summed E-state index contributed by atoms with van der Waals surface area (Å²) in [4.78, 5) is 2.14. The van der Waals surface area contributed by atoms with Crippen LogP contribution in [-0.2, 0) is 13.6 Å². The Morgan fingerprint density at radius 2 is 2.27 bits per heavy atom. The van der Waals surface area contributed by atoms with Crippen molar-refractivity contribution in [2.24, 2.45) is 7.05 Å². The molecule has 0 saturated carbocycles. The summed E-state index contributed by atoms with van der Waals surface area (Å²) >= 11 is 2.30. The van der Waals surface area contributed by atoms with Crippen LogP contribution in [0.25, 0.3) is 0 Å². The lowest BCUT2D eigenvalue weighted by Gasteiger charge is -2.09. The highest BCUT2D eigenvalue weighted by Crippen LogP contribution is 2.11. The lowest BCUT2D eigenvalue weighted by Crippen LogP contribution is -2.14. The van der Waals surface area contributed by atoms with Gasteiger partial charge in [0.2, 0.25) is 0 Å². The minimum atomic E-state index is 0.953. The fourth-order valence-corrected chi connectivity index (χ4v) is 1.56. The van der Waals surface area contributed by atoms with Crippen LogP contribution in [0.3, 0.4) is 0 Å². The lowest BCUT2D eigenvalue weighted by molar-refractivity contribution is 0.386. The average Bonchev–Trinajstić information content (AvgIpc) is 2.18. The summed E-state index contributed by atoms with van der Waals surface area (Å²) in [6, 6.07) is 0. The summed E-state index contributed by atoms with van der Waals surface area (Å²) < 4.78 is 3.15. The van der Waals surface area contributed by atoms with Crippen LogP contribution in [-0.4, -0.2) is 28.8 Å². The summed E-state index contributed by atoms with van der Waals surface area (Å²) in [6.07, 6.45) is 1.89. The first-order valence-corrected chi connectivity index (χ1v) is 4.50. The molecule has 1 aromatic rings. The lowest BCUT2D eigenvalue weighted by atomic mass is 10.4. The van der Waals surface area contributed by atoms with E-state index in [0.29, 0.717) is 0 Å². The molecule has 0 aliphatic heterocycles. The van der Waals surface area contributed by atoms with Crippen molar-refractivity contribution in [3.63, 3.8) is 0 Å². The van der Waals surface area contributed by atoms with Gasteiger partial charge in [0.25, 0.3) is 0 Å². The van der Waals surface area contributed by atoms with Crippen molar-refractivity contribution < 1.29 is 0 Å². The molecule has 0 radical (unpaired) electrons. The molecular formula is C7H12IN3. The van der Waals surface area contributed by atoms with Gasteiger partial charge in [0, 0.05) is 13.6 Å². The van der Waals surface area contributed by atoms with E-state index in [1.807, 2.05) is 17.9 Å². The second kappa shape index (κ2) is 3.53. The molecule has 11 heavy (non-hydrogen) atoms. The zero-order valence-electron chi connectivity index (χ0n) is 7.00. The Kier molecular flexibility index (Phi) is 2.89. The monoisotopic (exact) mass is 265 g/mol. The minimum Gasteiger partial charge on any atom is -0.304 e. The summed E-state index contributed by atoms with van der Waals surface area (Å²) in [5.74, 6) is 0. The number of rotatable bonds is 2. The molecule has 0 N–H and O–H groups in total. The maximum Gasteiger partial charge on any atom is 0.0654 e. The first-order chi connectivity index (χ1) is 5.11. The molecule has 0 amide bonds. The van der Waals surface area contributed by atoms with Gasteiger partial charge in [-0.05, 0) is 36.7 Å². The van der Waals surface area contributed by atoms with Crippen LogP contribution < -0.4 is 0 Å². The summed E-state index contributed by atoms with van der Waals surface area (Å²) in [5.41, 5.74) is 1.27. The highest BCUT2D eigenvalue weighted by molar-refractivity contribution is 14.1. The first kappa shape index (κ1) is 8.99. The quantitative estimate of drug-likeness (QED) is 0.746. The van der Waals surface area contributed by atoms with Crippen LogP contribution in [0.5, 0.6) is 0 Å². The van der Waals surface area contributed by atoms with Crippen LogP contribution >= 0.6 is 22.6 Å². The Bertz CT molecular complexity index is 222. The third-order valence-electron chi connectivity index (χ3n) is 1.48. The van der Waals surface area contributed by atoms with Crippen molar-refractivity contribution in [2.75, 3.05) is 14.1 Å². The Balaban J connectivity index is 2.83. The van der Waals surface area contributed by atoms with Crippen molar-refractivity contribution in [3.8, 4) is 0 Å². The molecular weight excluding hydrogens is 253 g/mol. The van der Waals surface area contributed by atoms with Crippen molar-refractivity contribution in [1.29, 1.82) is 0 Å². The molecule has 4 heteroatoms. The molecule has 1 rings (SSSR count).